The number of nitrogens with zero attached hydrogens (tertiary/aromatic N) is 5. The van der Waals surface area contributed by atoms with E-state index >= 15 is 0 Å². The predicted molar refractivity (Wildman–Crippen MR) is 145 cm³/mol. The van der Waals surface area contributed by atoms with Crippen LogP contribution in [0.5, 0.6) is 0 Å². The zero-order chi connectivity index (χ0) is 28.3. The lowest BCUT2D eigenvalue weighted by Crippen LogP contribution is -2.56. The molecule has 1 aliphatic heterocycles. The lowest BCUT2D eigenvalue weighted by molar-refractivity contribution is -0.158. The van der Waals surface area contributed by atoms with Crippen LogP contribution in [-0.4, -0.2) is 109 Å². The topological polar surface area (TPSA) is 215 Å². The Balaban J connectivity index is 1.47. The number of piperazine rings is 1. The van der Waals surface area contributed by atoms with Gasteiger partial charge in [-0.15, -0.1) is 0 Å². The minimum atomic E-state index is -1.94. The number of nitrogens with two attached hydrogens (primary N) is 2. The normalized spacial score (nSPS) is 17.0. The van der Waals surface area contributed by atoms with Crippen LogP contribution in [0.2, 0.25) is 5.02 Å². The standard InChI is InChI=1S/C25H30ClN7O6/c26-14-3-6-17-16(11-14)19(30-25(29-17)31-24(27)28)13-1-4-15(5-2-13)32-7-9-33(10-8-32)23(39)22(38)21(37)20(36)18(35)12-34/h1-6,11,18,20-22,34-38H,7-10,12H2,(H4,27,28,29,30,31). The number of aliphatic hydroxyl groups excluding tert-OH is 5. The third-order valence-corrected chi connectivity index (χ3v) is 6.72. The third kappa shape index (κ3) is 6.36. The molecule has 2 heterocycles. The molecule has 4 unspecified atom stereocenters. The minimum Gasteiger partial charge on any atom is -0.394 e. The second kappa shape index (κ2) is 12.1. The van der Waals surface area contributed by atoms with Crippen molar-refractivity contribution in [2.24, 2.45) is 16.5 Å². The largest absolute Gasteiger partial charge is 0.394 e. The van der Waals surface area contributed by atoms with Crippen LogP contribution in [0.25, 0.3) is 22.2 Å². The molecule has 1 fully saturated rings. The maximum absolute atomic E-state index is 12.6. The second-order valence-electron chi connectivity index (χ2n) is 9.11. The van der Waals surface area contributed by atoms with Crippen LogP contribution in [0.4, 0.5) is 11.6 Å². The smallest absolute Gasteiger partial charge is 0.254 e. The van der Waals surface area contributed by atoms with Crippen molar-refractivity contribution in [3.63, 3.8) is 0 Å². The van der Waals surface area contributed by atoms with Crippen molar-refractivity contribution >= 4 is 46.0 Å². The van der Waals surface area contributed by atoms with E-state index in [1.165, 1.54) is 4.90 Å². The number of amides is 1. The molecule has 13 nitrogen and oxygen atoms in total. The van der Waals surface area contributed by atoms with E-state index in [4.69, 9.17) is 28.2 Å². The second-order valence-corrected chi connectivity index (χ2v) is 9.54. The van der Waals surface area contributed by atoms with Gasteiger partial charge in [0.05, 0.1) is 17.8 Å². The monoisotopic (exact) mass is 559 g/mol. The Hall–Kier alpha value is -3.59. The quantitative estimate of drug-likeness (QED) is 0.130. The van der Waals surface area contributed by atoms with Gasteiger partial charge in [-0.05, 0) is 30.3 Å². The molecule has 14 heteroatoms. The molecule has 4 rings (SSSR count). The third-order valence-electron chi connectivity index (χ3n) is 6.48. The van der Waals surface area contributed by atoms with Crippen molar-refractivity contribution in [2.75, 3.05) is 37.7 Å². The van der Waals surface area contributed by atoms with E-state index in [1.54, 1.807) is 18.2 Å². The Morgan fingerprint density at radius 1 is 0.974 bits per heavy atom. The summed E-state index contributed by atoms with van der Waals surface area (Å²) in [5, 5.41) is 49.6. The first-order chi connectivity index (χ1) is 18.6. The van der Waals surface area contributed by atoms with E-state index in [-0.39, 0.29) is 25.0 Å². The van der Waals surface area contributed by atoms with Gasteiger partial charge in [-0.25, -0.2) is 9.97 Å². The summed E-state index contributed by atoms with van der Waals surface area (Å²) in [4.78, 5) is 28.9. The lowest BCUT2D eigenvalue weighted by Gasteiger charge is -2.38. The van der Waals surface area contributed by atoms with Gasteiger partial charge in [0, 0.05) is 47.8 Å². The van der Waals surface area contributed by atoms with Crippen molar-refractivity contribution < 1.29 is 30.3 Å². The number of hydrogen-bond donors (Lipinski definition) is 7. The molecule has 2 aromatic carbocycles. The SMILES string of the molecule is NC(N)=Nc1nc(-c2ccc(N3CCN(C(=O)C(O)C(O)C(O)C(O)CO)CC3)cc2)c2cc(Cl)ccc2n1. The molecule has 0 saturated carbocycles. The molecule has 1 amide bonds. The molecule has 0 aliphatic carbocycles. The summed E-state index contributed by atoms with van der Waals surface area (Å²) in [6.45, 7) is 0.613. The number of rotatable bonds is 8. The fourth-order valence-electron chi connectivity index (χ4n) is 4.34. The van der Waals surface area contributed by atoms with Crippen LogP contribution < -0.4 is 16.4 Å². The van der Waals surface area contributed by atoms with Crippen LogP contribution in [-0.2, 0) is 4.79 Å². The Morgan fingerprint density at radius 2 is 1.64 bits per heavy atom. The predicted octanol–water partition coefficient (Wildman–Crippen LogP) is -1.06. The number of anilines is 1. The number of benzene rings is 2. The number of guanidine groups is 1. The molecule has 3 aromatic rings. The number of carbonyl (C=O) groups is 1. The van der Waals surface area contributed by atoms with E-state index in [2.05, 4.69) is 19.9 Å². The van der Waals surface area contributed by atoms with Gasteiger partial charge in [0.1, 0.15) is 18.3 Å². The first kappa shape index (κ1) is 28.4. The van der Waals surface area contributed by atoms with Gasteiger partial charge in [-0.1, -0.05) is 23.7 Å². The Bertz CT molecular complexity index is 1350. The Labute approximate surface area is 228 Å². The van der Waals surface area contributed by atoms with Gasteiger partial charge in [0.2, 0.25) is 0 Å². The van der Waals surface area contributed by atoms with E-state index in [9.17, 15) is 25.2 Å². The minimum absolute atomic E-state index is 0.121. The molecular formula is C25H30ClN7O6. The van der Waals surface area contributed by atoms with E-state index in [1.807, 2.05) is 24.3 Å². The maximum atomic E-state index is 12.6. The van der Waals surface area contributed by atoms with Crippen LogP contribution in [0, 0.1) is 0 Å². The van der Waals surface area contributed by atoms with Gasteiger partial charge in [-0.2, -0.15) is 4.99 Å². The highest BCUT2D eigenvalue weighted by Gasteiger charge is 2.37. The molecule has 4 atom stereocenters. The number of aliphatic hydroxyl groups is 5. The number of carbonyl (C=O) groups excluding carboxylic acids is 1. The Morgan fingerprint density at radius 3 is 2.26 bits per heavy atom. The molecule has 1 saturated heterocycles. The molecule has 0 spiro atoms. The molecule has 1 aliphatic rings. The summed E-state index contributed by atoms with van der Waals surface area (Å²) in [5.41, 5.74) is 13.9. The van der Waals surface area contributed by atoms with Gasteiger partial charge in [-0.3, -0.25) is 4.79 Å². The number of hydrogen-bond acceptors (Lipinski definition) is 10. The van der Waals surface area contributed by atoms with Crippen molar-refractivity contribution in [3.05, 3.63) is 47.5 Å². The lowest BCUT2D eigenvalue weighted by atomic mass is 10.0. The fourth-order valence-corrected chi connectivity index (χ4v) is 4.52. The summed E-state index contributed by atoms with van der Waals surface area (Å²) in [6, 6.07) is 12.9. The zero-order valence-electron chi connectivity index (χ0n) is 20.8. The number of aromatic nitrogens is 2. The summed E-state index contributed by atoms with van der Waals surface area (Å²) >= 11 is 6.21. The van der Waals surface area contributed by atoms with E-state index in [0.29, 0.717) is 29.3 Å². The van der Waals surface area contributed by atoms with Crippen LogP contribution in [0.15, 0.2) is 47.5 Å². The van der Waals surface area contributed by atoms with Gasteiger partial charge >= 0.3 is 0 Å². The van der Waals surface area contributed by atoms with E-state index in [0.717, 1.165) is 16.6 Å². The summed E-state index contributed by atoms with van der Waals surface area (Å²) in [5.74, 6) is -0.814. The molecule has 208 valence electrons. The number of fused-ring (bicyclic) bond motifs is 1. The average molecular weight is 560 g/mol. The van der Waals surface area contributed by atoms with Crippen LogP contribution >= 0.6 is 11.6 Å². The summed E-state index contributed by atoms with van der Waals surface area (Å²) in [6.07, 6.45) is -7.43. The molecular weight excluding hydrogens is 530 g/mol. The van der Waals surface area contributed by atoms with Gasteiger partial charge < -0.3 is 46.8 Å². The first-order valence-corrected chi connectivity index (χ1v) is 12.5. The molecule has 9 N–H and O–H groups in total. The highest BCUT2D eigenvalue weighted by atomic mass is 35.5. The highest BCUT2D eigenvalue weighted by Crippen LogP contribution is 2.31. The summed E-state index contributed by atoms with van der Waals surface area (Å²) in [7, 11) is 0. The number of aliphatic imine (C=N–C) groups is 1. The first-order valence-electron chi connectivity index (χ1n) is 12.1. The average Bonchev–Trinajstić information content (AvgIpc) is 2.94. The van der Waals surface area contributed by atoms with Crippen LogP contribution in [0.1, 0.15) is 0 Å². The van der Waals surface area contributed by atoms with Crippen molar-refractivity contribution in [3.8, 4) is 11.3 Å². The molecule has 0 bridgehead atoms. The van der Waals surface area contributed by atoms with Gasteiger partial charge in [0.15, 0.2) is 12.1 Å². The molecule has 0 radical (unpaired) electrons. The van der Waals surface area contributed by atoms with Gasteiger partial charge in [0.25, 0.3) is 11.9 Å². The Kier molecular flexibility index (Phi) is 8.80. The maximum Gasteiger partial charge on any atom is 0.254 e. The fraction of sp³-hybridized carbons (Fsp3) is 0.360. The van der Waals surface area contributed by atoms with Crippen LogP contribution in [0.3, 0.4) is 0 Å². The van der Waals surface area contributed by atoms with Crippen molar-refractivity contribution in [1.82, 2.24) is 14.9 Å². The number of halogens is 1. The van der Waals surface area contributed by atoms with E-state index < -0.39 is 36.9 Å². The highest BCUT2D eigenvalue weighted by molar-refractivity contribution is 6.31. The summed E-state index contributed by atoms with van der Waals surface area (Å²) < 4.78 is 0. The molecule has 1 aromatic heterocycles. The molecule has 39 heavy (non-hydrogen) atoms. The zero-order valence-corrected chi connectivity index (χ0v) is 21.6. The van der Waals surface area contributed by atoms with Crippen molar-refractivity contribution in [1.29, 1.82) is 0 Å². The van der Waals surface area contributed by atoms with Crippen molar-refractivity contribution in [2.45, 2.75) is 24.4 Å².